The maximum Gasteiger partial charge on any atom is 0.242 e. The van der Waals surface area contributed by atoms with Gasteiger partial charge in [-0.15, -0.1) is 0 Å². The van der Waals surface area contributed by atoms with Gasteiger partial charge in [0, 0.05) is 29.7 Å². The zero-order valence-corrected chi connectivity index (χ0v) is 13.7. The number of aromatic nitrogens is 1. The van der Waals surface area contributed by atoms with E-state index in [0.29, 0.717) is 13.1 Å². The molecule has 23 heavy (non-hydrogen) atoms. The maximum absolute atomic E-state index is 12.8. The minimum absolute atomic E-state index is 0.0456. The van der Waals surface area contributed by atoms with E-state index in [1.54, 1.807) is 0 Å². The smallest absolute Gasteiger partial charge is 0.242 e. The third-order valence-electron chi connectivity index (χ3n) is 4.90. The van der Waals surface area contributed by atoms with Gasteiger partial charge in [0.1, 0.15) is 6.54 Å². The van der Waals surface area contributed by atoms with Gasteiger partial charge in [-0.25, -0.2) is 0 Å². The first kappa shape index (κ1) is 15.6. The monoisotopic (exact) mass is 313 g/mol. The summed E-state index contributed by atoms with van der Waals surface area (Å²) in [6.45, 7) is 4.82. The van der Waals surface area contributed by atoms with Crippen molar-refractivity contribution in [2.75, 3.05) is 6.54 Å². The molecule has 1 aromatic heterocycles. The Labute approximate surface area is 136 Å². The second-order valence-electron chi connectivity index (χ2n) is 6.53. The Morgan fingerprint density at radius 1 is 1.26 bits per heavy atom. The number of hydrogen-bond donors (Lipinski definition) is 1. The van der Waals surface area contributed by atoms with Crippen molar-refractivity contribution in [3.8, 4) is 0 Å². The lowest BCUT2D eigenvalue weighted by Gasteiger charge is -2.37. The number of nitrogens with zero attached hydrogens (tertiary/aromatic N) is 2. The quantitative estimate of drug-likeness (QED) is 0.942. The minimum Gasteiger partial charge on any atom is -0.369 e. The molecule has 0 aliphatic carbocycles. The van der Waals surface area contributed by atoms with E-state index in [-0.39, 0.29) is 23.8 Å². The molecular formula is C18H23N3O2. The topological polar surface area (TPSA) is 68.3 Å². The van der Waals surface area contributed by atoms with Gasteiger partial charge in [0.05, 0.1) is 5.92 Å². The maximum atomic E-state index is 12.8. The Balaban J connectivity index is 1.81. The molecule has 5 heteroatoms. The summed E-state index contributed by atoms with van der Waals surface area (Å²) in [6.07, 6.45) is 3.61. The lowest BCUT2D eigenvalue weighted by molar-refractivity contribution is -0.138. The lowest BCUT2D eigenvalue weighted by atomic mass is 9.93. The van der Waals surface area contributed by atoms with Gasteiger partial charge in [0.2, 0.25) is 11.8 Å². The number of carbonyl (C=O) groups excluding carboxylic acids is 2. The summed E-state index contributed by atoms with van der Waals surface area (Å²) >= 11 is 0. The molecule has 2 N–H and O–H groups in total. The van der Waals surface area contributed by atoms with Crippen molar-refractivity contribution in [3.05, 3.63) is 36.0 Å². The van der Waals surface area contributed by atoms with Gasteiger partial charge >= 0.3 is 0 Å². The second-order valence-corrected chi connectivity index (χ2v) is 6.53. The van der Waals surface area contributed by atoms with Crippen LogP contribution >= 0.6 is 0 Å². The molecule has 2 amide bonds. The van der Waals surface area contributed by atoms with Gasteiger partial charge in [-0.05, 0) is 38.3 Å². The van der Waals surface area contributed by atoms with Crippen LogP contribution in [0.15, 0.2) is 30.5 Å². The largest absolute Gasteiger partial charge is 0.369 e. The molecule has 1 aliphatic heterocycles. The molecule has 0 spiro atoms. The van der Waals surface area contributed by atoms with E-state index >= 15 is 0 Å². The number of benzene rings is 1. The Morgan fingerprint density at radius 3 is 2.74 bits per heavy atom. The van der Waals surface area contributed by atoms with Gasteiger partial charge in [-0.3, -0.25) is 9.59 Å². The third kappa shape index (κ3) is 2.96. The fourth-order valence-corrected chi connectivity index (χ4v) is 3.48. The number of amides is 2. The van der Waals surface area contributed by atoms with Crippen LogP contribution in [0.2, 0.25) is 0 Å². The summed E-state index contributed by atoms with van der Waals surface area (Å²) in [4.78, 5) is 26.0. The standard InChI is InChI=1S/C18H23N3O2/c1-12-9-20(16-6-4-3-5-15(12)16)11-17(22)21-10-14(18(19)23)8-7-13(21)2/h3-6,9,13-14H,7-8,10-11H2,1-2H3,(H2,19,23). The third-order valence-corrected chi connectivity index (χ3v) is 4.90. The van der Waals surface area contributed by atoms with Crippen LogP contribution < -0.4 is 5.73 Å². The average molecular weight is 313 g/mol. The van der Waals surface area contributed by atoms with Crippen LogP contribution in [0.3, 0.4) is 0 Å². The number of carbonyl (C=O) groups is 2. The van der Waals surface area contributed by atoms with Gasteiger partial charge in [-0.1, -0.05) is 18.2 Å². The summed E-state index contributed by atoms with van der Waals surface area (Å²) in [5.74, 6) is -0.487. The number of piperidine rings is 1. The van der Waals surface area contributed by atoms with E-state index in [9.17, 15) is 9.59 Å². The van der Waals surface area contributed by atoms with Crippen molar-refractivity contribution in [2.45, 2.75) is 39.3 Å². The molecule has 3 rings (SSSR count). The molecular weight excluding hydrogens is 290 g/mol. The molecule has 2 unspecified atom stereocenters. The van der Waals surface area contributed by atoms with Crippen molar-refractivity contribution >= 4 is 22.7 Å². The number of fused-ring (bicyclic) bond motifs is 1. The van der Waals surface area contributed by atoms with Crippen molar-refractivity contribution in [2.24, 2.45) is 11.7 Å². The number of primary amides is 1. The molecule has 1 aromatic carbocycles. The first-order valence-electron chi connectivity index (χ1n) is 8.10. The van der Waals surface area contributed by atoms with Crippen LogP contribution in [0.5, 0.6) is 0 Å². The average Bonchev–Trinajstić information content (AvgIpc) is 2.84. The SMILES string of the molecule is Cc1cn(CC(=O)N2CC(C(N)=O)CCC2C)c2ccccc12. The van der Waals surface area contributed by atoms with Crippen LogP contribution in [0.4, 0.5) is 0 Å². The van der Waals surface area contributed by atoms with E-state index in [2.05, 4.69) is 13.0 Å². The fourth-order valence-electron chi connectivity index (χ4n) is 3.48. The summed E-state index contributed by atoms with van der Waals surface area (Å²) < 4.78 is 1.99. The molecule has 1 saturated heterocycles. The number of rotatable bonds is 3. The van der Waals surface area contributed by atoms with Gasteiger partial charge < -0.3 is 15.2 Å². The van der Waals surface area contributed by atoms with Crippen molar-refractivity contribution < 1.29 is 9.59 Å². The van der Waals surface area contributed by atoms with E-state index < -0.39 is 0 Å². The lowest BCUT2D eigenvalue weighted by Crippen LogP contribution is -2.49. The van der Waals surface area contributed by atoms with Crippen LogP contribution in [0, 0.1) is 12.8 Å². The zero-order valence-electron chi connectivity index (χ0n) is 13.7. The van der Waals surface area contributed by atoms with E-state index in [4.69, 9.17) is 5.73 Å². The van der Waals surface area contributed by atoms with E-state index in [1.165, 1.54) is 5.39 Å². The number of nitrogens with two attached hydrogens (primary N) is 1. The first-order valence-corrected chi connectivity index (χ1v) is 8.10. The highest BCUT2D eigenvalue weighted by Crippen LogP contribution is 2.24. The predicted molar refractivity (Wildman–Crippen MR) is 89.8 cm³/mol. The highest BCUT2D eigenvalue weighted by Gasteiger charge is 2.31. The van der Waals surface area contributed by atoms with Gasteiger partial charge in [-0.2, -0.15) is 0 Å². The summed E-state index contributed by atoms with van der Waals surface area (Å²) in [7, 11) is 0. The molecule has 0 bridgehead atoms. The summed E-state index contributed by atoms with van der Waals surface area (Å²) in [6, 6.07) is 8.24. The molecule has 1 aliphatic rings. The number of likely N-dealkylation sites (tertiary alicyclic amines) is 1. The number of aryl methyl sites for hydroxylation is 1. The molecule has 2 heterocycles. The number of hydrogen-bond acceptors (Lipinski definition) is 2. The minimum atomic E-state index is -0.308. The molecule has 2 aromatic rings. The van der Waals surface area contributed by atoms with Crippen LogP contribution in [-0.4, -0.2) is 33.9 Å². The highest BCUT2D eigenvalue weighted by molar-refractivity contribution is 5.86. The fraction of sp³-hybridized carbons (Fsp3) is 0.444. The van der Waals surface area contributed by atoms with Crippen molar-refractivity contribution in [1.29, 1.82) is 0 Å². The molecule has 0 saturated carbocycles. The van der Waals surface area contributed by atoms with Crippen molar-refractivity contribution in [3.63, 3.8) is 0 Å². The Hall–Kier alpha value is -2.30. The van der Waals surface area contributed by atoms with Crippen LogP contribution in [-0.2, 0) is 16.1 Å². The number of para-hydroxylation sites is 1. The molecule has 2 atom stereocenters. The Bertz CT molecular complexity index is 750. The molecule has 122 valence electrons. The van der Waals surface area contributed by atoms with Crippen LogP contribution in [0.1, 0.15) is 25.3 Å². The molecule has 0 radical (unpaired) electrons. The highest BCUT2D eigenvalue weighted by atomic mass is 16.2. The second kappa shape index (κ2) is 6.07. The van der Waals surface area contributed by atoms with Crippen LogP contribution in [0.25, 0.3) is 10.9 Å². The molecule has 5 nitrogen and oxygen atoms in total. The molecule has 1 fully saturated rings. The van der Waals surface area contributed by atoms with Gasteiger partial charge in [0.25, 0.3) is 0 Å². The summed E-state index contributed by atoms with van der Waals surface area (Å²) in [5, 5.41) is 1.17. The zero-order chi connectivity index (χ0) is 16.6. The Kier molecular flexibility index (Phi) is 4.11. The first-order chi connectivity index (χ1) is 11.0. The summed E-state index contributed by atoms with van der Waals surface area (Å²) in [5.41, 5.74) is 7.65. The Morgan fingerprint density at radius 2 is 2.00 bits per heavy atom. The van der Waals surface area contributed by atoms with Gasteiger partial charge in [0.15, 0.2) is 0 Å². The normalized spacial score (nSPS) is 21.6. The van der Waals surface area contributed by atoms with Crippen molar-refractivity contribution in [1.82, 2.24) is 9.47 Å². The van der Waals surface area contributed by atoms with E-state index in [0.717, 1.165) is 23.9 Å². The predicted octanol–water partition coefficient (Wildman–Crippen LogP) is 2.06. The van der Waals surface area contributed by atoms with E-state index in [1.807, 2.05) is 40.8 Å².